The van der Waals surface area contributed by atoms with Gasteiger partial charge < -0.3 is 0 Å². The van der Waals surface area contributed by atoms with Gasteiger partial charge in [-0.1, -0.05) is 31.0 Å². The zero-order valence-corrected chi connectivity index (χ0v) is 14.1. The van der Waals surface area contributed by atoms with Gasteiger partial charge in [-0.15, -0.1) is 0 Å². The summed E-state index contributed by atoms with van der Waals surface area (Å²) >= 11 is 0. The zero-order valence-electron chi connectivity index (χ0n) is 14.1. The maximum atomic E-state index is 2.34. The molecule has 1 heteroatoms. The number of rotatable bonds is 6. The molecule has 1 aromatic rings. The first-order valence-electron chi connectivity index (χ1n) is 7.89. The summed E-state index contributed by atoms with van der Waals surface area (Å²) in [5.74, 6) is 0. The molecule has 1 rings (SSSR count). The lowest BCUT2D eigenvalue weighted by Crippen LogP contribution is -2.11. The molecule has 0 aliphatic heterocycles. The number of hydrogen-bond acceptors (Lipinski definition) is 0. The van der Waals surface area contributed by atoms with E-state index in [1.165, 1.54) is 34.2 Å². The standard InChI is InChI=1S/C19H30N/c1-7-10-18(11-12-20(8-2)9-3)19-16(5)13-15(4)14-17(19)6/h11-14H,7-10H2,1-6H3/q+1/b18-11+. The van der Waals surface area contributed by atoms with Crippen molar-refractivity contribution in [1.82, 2.24) is 0 Å². The van der Waals surface area contributed by atoms with Crippen molar-refractivity contribution in [3.8, 4) is 0 Å². The second-order valence-corrected chi connectivity index (χ2v) is 5.59. The van der Waals surface area contributed by atoms with E-state index in [9.17, 15) is 0 Å². The van der Waals surface area contributed by atoms with Crippen molar-refractivity contribution in [1.29, 1.82) is 0 Å². The van der Waals surface area contributed by atoms with Crippen LogP contribution in [0, 0.1) is 20.8 Å². The van der Waals surface area contributed by atoms with Crippen LogP contribution in [0.1, 0.15) is 55.9 Å². The molecule has 0 aliphatic carbocycles. The predicted octanol–water partition coefficient (Wildman–Crippen LogP) is 4.92. The van der Waals surface area contributed by atoms with E-state index in [1.807, 2.05) is 0 Å². The van der Waals surface area contributed by atoms with E-state index in [-0.39, 0.29) is 0 Å². The van der Waals surface area contributed by atoms with Gasteiger partial charge in [0.15, 0.2) is 6.21 Å². The van der Waals surface area contributed by atoms with Crippen LogP contribution in [0.25, 0.3) is 5.57 Å². The van der Waals surface area contributed by atoms with E-state index in [4.69, 9.17) is 0 Å². The Bertz CT molecular complexity index is 477. The summed E-state index contributed by atoms with van der Waals surface area (Å²) in [7, 11) is 0. The second kappa shape index (κ2) is 8.04. The summed E-state index contributed by atoms with van der Waals surface area (Å²) in [5, 5.41) is 0. The van der Waals surface area contributed by atoms with Crippen LogP contribution in [-0.2, 0) is 0 Å². The highest BCUT2D eigenvalue weighted by molar-refractivity contribution is 5.84. The third-order valence-electron chi connectivity index (χ3n) is 3.82. The first-order valence-corrected chi connectivity index (χ1v) is 7.89. The second-order valence-electron chi connectivity index (χ2n) is 5.59. The van der Waals surface area contributed by atoms with Gasteiger partial charge in [0.05, 0.1) is 0 Å². The fourth-order valence-electron chi connectivity index (χ4n) is 2.88. The Morgan fingerprint density at radius 2 is 1.55 bits per heavy atom. The normalized spacial score (nSPS) is 11.6. The summed E-state index contributed by atoms with van der Waals surface area (Å²) in [6.07, 6.45) is 6.90. The van der Waals surface area contributed by atoms with E-state index in [0.29, 0.717) is 0 Å². The summed E-state index contributed by atoms with van der Waals surface area (Å²) in [5.41, 5.74) is 7.06. The van der Waals surface area contributed by atoms with Gasteiger partial charge in [0.1, 0.15) is 13.1 Å². The molecule has 0 radical (unpaired) electrons. The summed E-state index contributed by atoms with van der Waals surface area (Å²) in [6.45, 7) is 15.4. The molecule has 110 valence electrons. The average Bonchev–Trinajstić information content (AvgIpc) is 2.38. The van der Waals surface area contributed by atoms with Crippen LogP contribution in [0.4, 0.5) is 0 Å². The van der Waals surface area contributed by atoms with Crippen LogP contribution >= 0.6 is 0 Å². The van der Waals surface area contributed by atoms with E-state index in [2.05, 4.69) is 70.5 Å². The van der Waals surface area contributed by atoms with Crippen LogP contribution in [-0.4, -0.2) is 23.9 Å². The molecule has 0 bridgehead atoms. The summed E-state index contributed by atoms with van der Waals surface area (Å²) in [6, 6.07) is 4.59. The zero-order chi connectivity index (χ0) is 15.1. The first kappa shape index (κ1) is 16.7. The molecule has 0 amide bonds. The summed E-state index contributed by atoms with van der Waals surface area (Å²) < 4.78 is 2.34. The van der Waals surface area contributed by atoms with Crippen LogP contribution in [0.3, 0.4) is 0 Å². The lowest BCUT2D eigenvalue weighted by molar-refractivity contribution is -0.515. The minimum atomic E-state index is 1.07. The molecule has 0 unspecified atom stereocenters. The molecule has 0 atom stereocenters. The lowest BCUT2D eigenvalue weighted by Gasteiger charge is -2.14. The topological polar surface area (TPSA) is 3.01 Å². The molecule has 0 spiro atoms. The van der Waals surface area contributed by atoms with Gasteiger partial charge in [-0.2, -0.15) is 0 Å². The Balaban J connectivity index is 3.27. The van der Waals surface area contributed by atoms with Gasteiger partial charge in [-0.25, -0.2) is 4.58 Å². The molecule has 0 aliphatic rings. The van der Waals surface area contributed by atoms with E-state index in [1.54, 1.807) is 0 Å². The Morgan fingerprint density at radius 1 is 1.00 bits per heavy atom. The first-order chi connectivity index (χ1) is 9.53. The third kappa shape index (κ3) is 4.33. The maximum absolute atomic E-state index is 2.34. The van der Waals surface area contributed by atoms with E-state index >= 15 is 0 Å². The highest BCUT2D eigenvalue weighted by Gasteiger charge is 2.09. The fraction of sp³-hybridized carbons (Fsp3) is 0.526. The van der Waals surface area contributed by atoms with Crippen molar-refractivity contribution < 1.29 is 4.58 Å². The molecule has 0 fully saturated rings. The summed E-state index contributed by atoms with van der Waals surface area (Å²) in [4.78, 5) is 0. The van der Waals surface area contributed by atoms with Gasteiger partial charge in [-0.05, 0) is 63.3 Å². The largest absolute Gasteiger partial charge is 0.237 e. The van der Waals surface area contributed by atoms with Crippen molar-refractivity contribution in [3.05, 3.63) is 40.5 Å². The van der Waals surface area contributed by atoms with Crippen molar-refractivity contribution in [2.45, 2.75) is 54.4 Å². The molecule has 0 aromatic heterocycles. The minimum absolute atomic E-state index is 1.07. The van der Waals surface area contributed by atoms with E-state index < -0.39 is 0 Å². The van der Waals surface area contributed by atoms with Crippen molar-refractivity contribution in [2.24, 2.45) is 0 Å². The van der Waals surface area contributed by atoms with Gasteiger partial charge in [0.25, 0.3) is 0 Å². The van der Waals surface area contributed by atoms with Crippen LogP contribution in [0.2, 0.25) is 0 Å². The molecular weight excluding hydrogens is 242 g/mol. The van der Waals surface area contributed by atoms with Gasteiger partial charge in [0, 0.05) is 6.08 Å². The molecule has 0 saturated heterocycles. The SMILES string of the molecule is CCC/C(=C\C=[N+](CC)CC)c1c(C)cc(C)cc1C. The number of nitrogens with zero attached hydrogens (tertiary/aromatic N) is 1. The number of benzene rings is 1. The number of hydrogen-bond donors (Lipinski definition) is 0. The number of aryl methyl sites for hydroxylation is 3. The maximum Gasteiger partial charge on any atom is 0.163 e. The highest BCUT2D eigenvalue weighted by atomic mass is 15.0. The van der Waals surface area contributed by atoms with Crippen molar-refractivity contribution >= 4 is 11.8 Å². The Kier molecular flexibility index (Phi) is 6.70. The van der Waals surface area contributed by atoms with Crippen LogP contribution in [0.5, 0.6) is 0 Å². The van der Waals surface area contributed by atoms with Crippen LogP contribution < -0.4 is 0 Å². The predicted molar refractivity (Wildman–Crippen MR) is 90.9 cm³/mol. The average molecular weight is 272 g/mol. The van der Waals surface area contributed by atoms with Gasteiger partial charge >= 0.3 is 0 Å². The molecule has 0 saturated carbocycles. The third-order valence-corrected chi connectivity index (χ3v) is 3.82. The molecular formula is C19H30N+. The molecule has 0 N–H and O–H groups in total. The van der Waals surface area contributed by atoms with Crippen LogP contribution in [0.15, 0.2) is 18.2 Å². The van der Waals surface area contributed by atoms with E-state index in [0.717, 1.165) is 19.5 Å². The van der Waals surface area contributed by atoms with Gasteiger partial charge in [0.2, 0.25) is 0 Å². The molecule has 20 heavy (non-hydrogen) atoms. The molecule has 1 nitrogen and oxygen atoms in total. The smallest absolute Gasteiger partial charge is 0.163 e. The molecule has 0 heterocycles. The fourth-order valence-corrected chi connectivity index (χ4v) is 2.88. The Morgan fingerprint density at radius 3 is 2.00 bits per heavy atom. The highest BCUT2D eigenvalue weighted by Crippen LogP contribution is 2.27. The monoisotopic (exact) mass is 272 g/mol. The van der Waals surface area contributed by atoms with Crippen molar-refractivity contribution in [3.63, 3.8) is 0 Å². The minimum Gasteiger partial charge on any atom is -0.237 e. The van der Waals surface area contributed by atoms with Gasteiger partial charge in [-0.3, -0.25) is 0 Å². The number of allylic oxidation sites excluding steroid dienone is 2. The quantitative estimate of drug-likeness (QED) is 0.511. The Labute approximate surface area is 125 Å². The lowest BCUT2D eigenvalue weighted by atomic mass is 9.91. The molecule has 1 aromatic carbocycles. The Hall–Kier alpha value is -1.37. The van der Waals surface area contributed by atoms with Crippen molar-refractivity contribution in [2.75, 3.05) is 13.1 Å².